The van der Waals surface area contributed by atoms with Crippen molar-refractivity contribution in [1.82, 2.24) is 4.57 Å². The minimum atomic E-state index is 0.628. The van der Waals surface area contributed by atoms with E-state index in [0.29, 0.717) is 13.2 Å². The fourth-order valence-corrected chi connectivity index (χ4v) is 3.30. The van der Waals surface area contributed by atoms with E-state index >= 15 is 0 Å². The molecule has 0 aliphatic heterocycles. The van der Waals surface area contributed by atoms with E-state index in [2.05, 4.69) is 66.9 Å². The van der Waals surface area contributed by atoms with Crippen LogP contribution >= 0.6 is 0 Å². The fourth-order valence-electron chi connectivity index (χ4n) is 3.30. The number of hydrogen-bond acceptors (Lipinski definition) is 3. The maximum atomic E-state index is 5.79. The molecule has 0 atom stereocenters. The number of aryl methyl sites for hydroxylation is 3. The highest BCUT2D eigenvalue weighted by atomic mass is 16.6. The van der Waals surface area contributed by atoms with Gasteiger partial charge in [0.15, 0.2) is 0 Å². The summed E-state index contributed by atoms with van der Waals surface area (Å²) in [6.07, 6.45) is 1.89. The third kappa shape index (κ3) is 3.27. The van der Waals surface area contributed by atoms with E-state index in [-0.39, 0.29) is 0 Å². The summed E-state index contributed by atoms with van der Waals surface area (Å²) >= 11 is 0. The maximum absolute atomic E-state index is 5.79. The number of benzene rings is 2. The smallest absolute Gasteiger partial charge is 0.121 e. The van der Waals surface area contributed by atoms with Gasteiger partial charge in [0, 0.05) is 17.3 Å². The normalized spacial score (nSPS) is 12.2. The molecule has 0 bridgehead atoms. The lowest BCUT2D eigenvalue weighted by molar-refractivity contribution is 0.135. The van der Waals surface area contributed by atoms with Crippen LogP contribution in [0.5, 0.6) is 0 Å². The molecule has 0 saturated heterocycles. The lowest BCUT2D eigenvalue weighted by atomic mass is 10.0. The van der Waals surface area contributed by atoms with Crippen molar-refractivity contribution >= 4 is 21.8 Å². The van der Waals surface area contributed by atoms with Crippen molar-refractivity contribution in [2.75, 3.05) is 13.2 Å². The van der Waals surface area contributed by atoms with E-state index in [1.165, 1.54) is 22.2 Å². The monoisotopic (exact) mass is 337 g/mol. The Hall–Kier alpha value is -2.33. The Labute approximate surface area is 148 Å². The first kappa shape index (κ1) is 17.5. The summed E-state index contributed by atoms with van der Waals surface area (Å²) in [7, 11) is 0. The third-order valence-electron chi connectivity index (χ3n) is 4.71. The van der Waals surface area contributed by atoms with Gasteiger partial charge in [0.05, 0.1) is 11.0 Å². The second-order valence-electron chi connectivity index (χ2n) is 6.49. The SMILES string of the molecule is CCCON=c1c2ccccc2n(CCCN)c2c(C)c(C)ccc12. The van der Waals surface area contributed by atoms with Gasteiger partial charge in [-0.3, -0.25) is 0 Å². The Morgan fingerprint density at radius 2 is 1.88 bits per heavy atom. The fraction of sp³-hybridized carbons (Fsp3) is 0.381. The predicted molar refractivity (Wildman–Crippen MR) is 104 cm³/mol. The number of pyridine rings is 1. The molecule has 4 nitrogen and oxygen atoms in total. The molecule has 0 fully saturated rings. The molecule has 4 heteroatoms. The van der Waals surface area contributed by atoms with Crippen LogP contribution in [0.4, 0.5) is 0 Å². The first-order valence-corrected chi connectivity index (χ1v) is 9.06. The van der Waals surface area contributed by atoms with Crippen molar-refractivity contribution in [3.63, 3.8) is 0 Å². The van der Waals surface area contributed by atoms with Gasteiger partial charge in [0.25, 0.3) is 0 Å². The number of hydrogen-bond donors (Lipinski definition) is 1. The Balaban J connectivity index is 2.45. The van der Waals surface area contributed by atoms with E-state index < -0.39 is 0 Å². The van der Waals surface area contributed by atoms with Crippen molar-refractivity contribution in [1.29, 1.82) is 0 Å². The molecule has 1 heterocycles. The van der Waals surface area contributed by atoms with Gasteiger partial charge >= 0.3 is 0 Å². The second-order valence-corrected chi connectivity index (χ2v) is 6.49. The molecular formula is C21H27N3O. The molecule has 3 rings (SSSR count). The van der Waals surface area contributed by atoms with E-state index in [0.717, 1.165) is 35.5 Å². The topological polar surface area (TPSA) is 52.5 Å². The van der Waals surface area contributed by atoms with Crippen molar-refractivity contribution in [3.05, 3.63) is 52.9 Å². The highest BCUT2D eigenvalue weighted by Gasteiger charge is 2.12. The summed E-state index contributed by atoms with van der Waals surface area (Å²) in [6, 6.07) is 12.7. The van der Waals surface area contributed by atoms with Crippen molar-refractivity contribution in [2.24, 2.45) is 10.9 Å². The summed E-state index contributed by atoms with van der Waals surface area (Å²) in [6.45, 7) is 8.63. The van der Waals surface area contributed by atoms with Gasteiger partial charge in [-0.05, 0) is 50.4 Å². The molecule has 0 aliphatic rings. The number of fused-ring (bicyclic) bond motifs is 2. The summed E-state index contributed by atoms with van der Waals surface area (Å²) < 4.78 is 2.39. The van der Waals surface area contributed by atoms with Crippen LogP contribution in [0, 0.1) is 13.8 Å². The van der Waals surface area contributed by atoms with E-state index in [1.807, 2.05) is 0 Å². The van der Waals surface area contributed by atoms with Crippen LogP contribution in [0.1, 0.15) is 30.9 Å². The van der Waals surface area contributed by atoms with Crippen LogP contribution < -0.4 is 11.1 Å². The largest absolute Gasteiger partial charge is 0.395 e. The number of nitrogens with zero attached hydrogens (tertiary/aromatic N) is 2. The lowest BCUT2D eigenvalue weighted by Crippen LogP contribution is -2.16. The minimum absolute atomic E-state index is 0.628. The van der Waals surface area contributed by atoms with Crippen LogP contribution in [0.3, 0.4) is 0 Å². The molecule has 0 radical (unpaired) electrons. The van der Waals surface area contributed by atoms with Crippen molar-refractivity contribution in [2.45, 2.75) is 40.2 Å². The molecule has 1 aromatic heterocycles. The molecule has 0 aliphatic carbocycles. The van der Waals surface area contributed by atoms with Crippen LogP contribution in [0.15, 0.2) is 41.6 Å². The predicted octanol–water partition coefficient (Wildman–Crippen LogP) is 4.00. The van der Waals surface area contributed by atoms with E-state index in [4.69, 9.17) is 10.6 Å². The molecule has 0 unspecified atom stereocenters. The summed E-state index contributed by atoms with van der Waals surface area (Å²) in [5.41, 5.74) is 10.8. The van der Waals surface area contributed by atoms with Crippen LogP contribution in [0.25, 0.3) is 21.8 Å². The molecule has 0 saturated carbocycles. The van der Waals surface area contributed by atoms with Gasteiger partial charge in [0.2, 0.25) is 0 Å². The average Bonchev–Trinajstić information content (AvgIpc) is 2.63. The lowest BCUT2D eigenvalue weighted by Gasteiger charge is -2.18. The van der Waals surface area contributed by atoms with Gasteiger partial charge in [-0.1, -0.05) is 42.4 Å². The molecule has 25 heavy (non-hydrogen) atoms. The van der Waals surface area contributed by atoms with Crippen LogP contribution in [-0.2, 0) is 11.4 Å². The number of para-hydroxylation sites is 1. The van der Waals surface area contributed by atoms with Gasteiger partial charge in [-0.2, -0.15) is 0 Å². The molecular weight excluding hydrogens is 310 g/mol. The minimum Gasteiger partial charge on any atom is -0.395 e. The van der Waals surface area contributed by atoms with Gasteiger partial charge in [-0.15, -0.1) is 0 Å². The Morgan fingerprint density at radius 3 is 2.64 bits per heavy atom. The number of nitrogens with two attached hydrogens (primary N) is 1. The van der Waals surface area contributed by atoms with Crippen LogP contribution in [0.2, 0.25) is 0 Å². The highest BCUT2D eigenvalue weighted by molar-refractivity contribution is 5.95. The highest BCUT2D eigenvalue weighted by Crippen LogP contribution is 2.24. The Kier molecular flexibility index (Phi) is 5.39. The Bertz CT molecular complexity index is 957. The van der Waals surface area contributed by atoms with E-state index in [1.54, 1.807) is 0 Å². The zero-order valence-electron chi connectivity index (χ0n) is 15.4. The van der Waals surface area contributed by atoms with Crippen molar-refractivity contribution in [3.8, 4) is 0 Å². The second kappa shape index (κ2) is 7.70. The molecule has 3 aromatic rings. The van der Waals surface area contributed by atoms with E-state index in [9.17, 15) is 0 Å². The first-order chi connectivity index (χ1) is 12.2. The molecule has 0 spiro atoms. The third-order valence-corrected chi connectivity index (χ3v) is 4.71. The van der Waals surface area contributed by atoms with Gasteiger partial charge < -0.3 is 15.1 Å². The molecule has 2 aromatic carbocycles. The maximum Gasteiger partial charge on any atom is 0.121 e. The summed E-state index contributed by atoms with van der Waals surface area (Å²) in [5, 5.41) is 7.68. The molecule has 132 valence electrons. The average molecular weight is 337 g/mol. The summed E-state index contributed by atoms with van der Waals surface area (Å²) in [4.78, 5) is 5.57. The standard InChI is InChI=1S/C21H27N3O/c1-4-14-25-23-20-17-8-5-6-9-19(17)24(13-7-12-22)21-16(3)15(2)10-11-18(20)21/h5-6,8-11H,4,7,12-14,22H2,1-3H3. The first-order valence-electron chi connectivity index (χ1n) is 9.06. The van der Waals surface area contributed by atoms with Crippen molar-refractivity contribution < 1.29 is 4.84 Å². The summed E-state index contributed by atoms with van der Waals surface area (Å²) in [5.74, 6) is 0. The number of rotatable bonds is 6. The zero-order chi connectivity index (χ0) is 17.8. The van der Waals surface area contributed by atoms with Gasteiger partial charge in [-0.25, -0.2) is 0 Å². The number of aromatic nitrogens is 1. The quantitative estimate of drug-likeness (QED) is 0.420. The molecule has 2 N–H and O–H groups in total. The Morgan fingerprint density at radius 1 is 1.08 bits per heavy atom. The van der Waals surface area contributed by atoms with Gasteiger partial charge in [0.1, 0.15) is 12.0 Å². The molecule has 0 amide bonds. The zero-order valence-corrected chi connectivity index (χ0v) is 15.4. The van der Waals surface area contributed by atoms with Crippen LogP contribution in [-0.4, -0.2) is 17.7 Å².